The van der Waals surface area contributed by atoms with Gasteiger partial charge in [0.25, 0.3) is 5.56 Å². The first-order valence-corrected chi connectivity index (χ1v) is 9.86. The molecule has 1 saturated heterocycles. The van der Waals surface area contributed by atoms with Gasteiger partial charge in [-0.15, -0.1) is 0 Å². The summed E-state index contributed by atoms with van der Waals surface area (Å²) in [5.41, 5.74) is 11.5. The van der Waals surface area contributed by atoms with E-state index in [9.17, 15) is 4.79 Å². The second-order valence-electron chi connectivity index (χ2n) is 7.04. The highest BCUT2D eigenvalue weighted by Gasteiger charge is 2.18. The Balaban J connectivity index is 1.78. The van der Waals surface area contributed by atoms with E-state index in [4.69, 9.17) is 15.9 Å². The van der Waals surface area contributed by atoms with Crippen LogP contribution in [0.25, 0.3) is 0 Å². The Bertz CT molecular complexity index is 960. The lowest BCUT2D eigenvalue weighted by atomic mass is 10.1. The Morgan fingerprint density at radius 1 is 1.37 bits per heavy atom. The van der Waals surface area contributed by atoms with Crippen molar-refractivity contribution in [2.45, 2.75) is 31.8 Å². The predicted molar refractivity (Wildman–Crippen MR) is 120 cm³/mol. The number of anilines is 1. The minimum absolute atomic E-state index is 0.0259. The standard InChI is InChI=1S/C21H27N7O2/c1-14(28-25-11-9-22)15-4-6-16(7-5-15)27-20(23)19-18(8-10-24-21(19)29)26-17-3-2-12-30-13-17/h4-11,14,17,22,28H,2-3,12-13H2,1H3,(H2,23,27)(H2,24,26,29)/b22-9?,25-11-/t14?,17-/m1/s1. The van der Waals surface area contributed by atoms with Crippen molar-refractivity contribution < 1.29 is 4.74 Å². The first-order chi connectivity index (χ1) is 14.6. The molecule has 1 fully saturated rings. The van der Waals surface area contributed by atoms with Crippen molar-refractivity contribution in [2.24, 2.45) is 15.8 Å². The monoisotopic (exact) mass is 409 g/mol. The molecule has 0 spiro atoms. The van der Waals surface area contributed by atoms with Gasteiger partial charge in [0.15, 0.2) is 0 Å². The third-order valence-electron chi connectivity index (χ3n) is 4.80. The van der Waals surface area contributed by atoms with Gasteiger partial charge < -0.3 is 31.6 Å². The fraction of sp³-hybridized carbons (Fsp3) is 0.333. The number of hydrogen-bond donors (Lipinski definition) is 5. The second-order valence-corrected chi connectivity index (χ2v) is 7.04. The largest absolute Gasteiger partial charge is 0.383 e. The van der Waals surface area contributed by atoms with Gasteiger partial charge in [-0.25, -0.2) is 4.99 Å². The maximum atomic E-state index is 12.5. The summed E-state index contributed by atoms with van der Waals surface area (Å²) in [6.45, 7) is 3.33. The molecule has 0 bridgehead atoms. The van der Waals surface area contributed by atoms with E-state index in [1.807, 2.05) is 31.2 Å². The summed E-state index contributed by atoms with van der Waals surface area (Å²) >= 11 is 0. The molecule has 9 heteroatoms. The molecule has 0 amide bonds. The van der Waals surface area contributed by atoms with Crippen LogP contribution in [0, 0.1) is 5.41 Å². The molecule has 2 atom stereocenters. The molecule has 2 heterocycles. The minimum Gasteiger partial charge on any atom is -0.383 e. The molecule has 158 valence electrons. The number of aromatic nitrogens is 1. The third kappa shape index (κ3) is 5.54. The first-order valence-electron chi connectivity index (χ1n) is 9.86. The number of ether oxygens (including phenoxy) is 1. The Morgan fingerprint density at radius 3 is 2.87 bits per heavy atom. The third-order valence-corrected chi connectivity index (χ3v) is 4.80. The first kappa shape index (κ1) is 21.3. The number of pyridine rings is 1. The van der Waals surface area contributed by atoms with Crippen LogP contribution < -0.4 is 22.0 Å². The van der Waals surface area contributed by atoms with Crippen LogP contribution in [0.15, 0.2) is 51.4 Å². The number of aromatic amines is 1. The molecule has 6 N–H and O–H groups in total. The summed E-state index contributed by atoms with van der Waals surface area (Å²) in [5, 5.41) is 14.2. The molecule has 1 aliphatic heterocycles. The number of nitrogens with one attached hydrogen (secondary N) is 4. The topological polar surface area (TPSA) is 141 Å². The minimum atomic E-state index is -0.295. The molecular weight excluding hydrogens is 382 g/mol. The maximum absolute atomic E-state index is 12.5. The number of rotatable bonds is 8. The zero-order chi connectivity index (χ0) is 21.3. The molecule has 1 aliphatic rings. The van der Waals surface area contributed by atoms with E-state index in [0.717, 1.165) is 31.2 Å². The smallest absolute Gasteiger partial charge is 0.261 e. The second kappa shape index (κ2) is 10.4. The molecule has 9 nitrogen and oxygen atoms in total. The zero-order valence-electron chi connectivity index (χ0n) is 16.9. The average Bonchev–Trinajstić information content (AvgIpc) is 2.75. The highest BCUT2D eigenvalue weighted by atomic mass is 16.5. The number of hydrogen-bond acceptors (Lipinski definition) is 7. The van der Waals surface area contributed by atoms with Crippen molar-refractivity contribution in [3.8, 4) is 0 Å². The lowest BCUT2D eigenvalue weighted by molar-refractivity contribution is 0.0876. The summed E-state index contributed by atoms with van der Waals surface area (Å²) in [6, 6.07) is 9.39. The van der Waals surface area contributed by atoms with Crippen molar-refractivity contribution in [3.05, 3.63) is 58.0 Å². The SMILES string of the molecule is CC(N/N=C\C=N)c1ccc(N=C(N)c2c(N[C@@H]3CCCOC3)cc[nH]c2=O)cc1. The molecule has 1 aromatic heterocycles. The van der Waals surface area contributed by atoms with Gasteiger partial charge in [0.2, 0.25) is 0 Å². The van der Waals surface area contributed by atoms with Crippen LogP contribution in [0.4, 0.5) is 11.4 Å². The van der Waals surface area contributed by atoms with Gasteiger partial charge in [-0.1, -0.05) is 12.1 Å². The number of nitrogens with two attached hydrogens (primary N) is 1. The van der Waals surface area contributed by atoms with Crippen LogP contribution in [0.3, 0.4) is 0 Å². The molecule has 0 saturated carbocycles. The zero-order valence-corrected chi connectivity index (χ0v) is 16.9. The fourth-order valence-corrected chi connectivity index (χ4v) is 3.23. The molecule has 1 unspecified atom stereocenters. The van der Waals surface area contributed by atoms with E-state index in [-0.39, 0.29) is 23.5 Å². The van der Waals surface area contributed by atoms with E-state index >= 15 is 0 Å². The van der Waals surface area contributed by atoms with Gasteiger partial charge in [0.1, 0.15) is 11.4 Å². The number of nitrogens with zero attached hydrogens (tertiary/aromatic N) is 2. The Morgan fingerprint density at radius 2 is 2.17 bits per heavy atom. The fourth-order valence-electron chi connectivity index (χ4n) is 3.23. The Hall–Kier alpha value is -3.46. The van der Waals surface area contributed by atoms with Gasteiger partial charge in [-0.05, 0) is 43.5 Å². The van der Waals surface area contributed by atoms with Crippen LogP contribution in [0.5, 0.6) is 0 Å². The number of benzene rings is 1. The van der Waals surface area contributed by atoms with Crippen LogP contribution in [0.1, 0.15) is 36.9 Å². The van der Waals surface area contributed by atoms with E-state index < -0.39 is 0 Å². The number of amidine groups is 1. The van der Waals surface area contributed by atoms with E-state index in [0.29, 0.717) is 23.5 Å². The average molecular weight is 409 g/mol. The van der Waals surface area contributed by atoms with E-state index in [1.54, 1.807) is 12.3 Å². The number of aliphatic imine (C=N–C) groups is 1. The van der Waals surface area contributed by atoms with E-state index in [1.165, 1.54) is 6.21 Å². The number of H-pyrrole nitrogens is 1. The normalized spacial score (nSPS) is 18.2. The summed E-state index contributed by atoms with van der Waals surface area (Å²) < 4.78 is 5.51. The van der Waals surface area contributed by atoms with E-state index in [2.05, 4.69) is 25.8 Å². The molecule has 30 heavy (non-hydrogen) atoms. The van der Waals surface area contributed by atoms with Crippen LogP contribution in [-0.2, 0) is 4.74 Å². The van der Waals surface area contributed by atoms with Gasteiger partial charge >= 0.3 is 0 Å². The highest BCUT2D eigenvalue weighted by molar-refractivity contribution is 6.14. The van der Waals surface area contributed by atoms with Gasteiger partial charge in [-0.3, -0.25) is 4.79 Å². The van der Waals surface area contributed by atoms with Gasteiger partial charge in [0, 0.05) is 25.1 Å². The van der Waals surface area contributed by atoms with Crippen LogP contribution in [0.2, 0.25) is 0 Å². The molecule has 1 aromatic carbocycles. The summed E-state index contributed by atoms with van der Waals surface area (Å²) in [7, 11) is 0. The van der Waals surface area contributed by atoms with Crippen LogP contribution >= 0.6 is 0 Å². The quantitative estimate of drug-likeness (QED) is 0.258. The molecule has 3 rings (SSSR count). The lowest BCUT2D eigenvalue weighted by Gasteiger charge is -2.25. The molecular formula is C21H27N7O2. The Labute approximate surface area is 175 Å². The number of hydrazone groups is 1. The van der Waals surface area contributed by atoms with Crippen molar-refractivity contribution >= 4 is 29.6 Å². The predicted octanol–water partition coefficient (Wildman–Crippen LogP) is 2.29. The van der Waals surface area contributed by atoms with Crippen molar-refractivity contribution in [1.29, 1.82) is 5.41 Å². The van der Waals surface area contributed by atoms with Crippen molar-refractivity contribution in [3.63, 3.8) is 0 Å². The lowest BCUT2D eigenvalue weighted by Crippen LogP contribution is -2.33. The summed E-state index contributed by atoms with van der Waals surface area (Å²) in [6.07, 6.45) is 6.02. The van der Waals surface area contributed by atoms with Crippen LogP contribution in [-0.4, -0.2) is 42.5 Å². The molecule has 0 aliphatic carbocycles. The Kier molecular flexibility index (Phi) is 7.34. The molecule has 0 radical (unpaired) electrons. The van der Waals surface area contributed by atoms with Crippen molar-refractivity contribution in [1.82, 2.24) is 10.4 Å². The molecule has 2 aromatic rings. The van der Waals surface area contributed by atoms with Gasteiger partial charge in [-0.2, -0.15) is 5.10 Å². The summed E-state index contributed by atoms with van der Waals surface area (Å²) in [5.74, 6) is 0.144. The maximum Gasteiger partial charge on any atom is 0.261 e. The highest BCUT2D eigenvalue weighted by Crippen LogP contribution is 2.20. The summed E-state index contributed by atoms with van der Waals surface area (Å²) in [4.78, 5) is 19.6. The van der Waals surface area contributed by atoms with Crippen molar-refractivity contribution in [2.75, 3.05) is 18.5 Å². The van der Waals surface area contributed by atoms with Gasteiger partial charge in [0.05, 0.1) is 30.2 Å².